The summed E-state index contributed by atoms with van der Waals surface area (Å²) in [7, 11) is 0. The summed E-state index contributed by atoms with van der Waals surface area (Å²) in [5.74, 6) is -0.0425. The van der Waals surface area contributed by atoms with Crippen molar-refractivity contribution < 1.29 is 23.1 Å². The molecule has 0 saturated carbocycles. The summed E-state index contributed by atoms with van der Waals surface area (Å²) < 4.78 is 37.3. The van der Waals surface area contributed by atoms with E-state index in [1.54, 1.807) is 12.1 Å². The highest BCUT2D eigenvalue weighted by atomic mass is 19.4. The second kappa shape index (κ2) is 7.17. The Bertz CT molecular complexity index is 649. The molecule has 2 aromatic rings. The molecule has 0 atom stereocenters. The molecule has 0 unspecified atom stereocenters. The minimum Gasteiger partial charge on any atom is -0.508 e. The number of hydrogen-bond donors (Lipinski definition) is 2. The Balaban J connectivity index is 1.78. The molecule has 0 aliphatic rings. The molecular weight excluding hydrogens is 307 g/mol. The lowest BCUT2D eigenvalue weighted by molar-refractivity contribution is -0.137. The van der Waals surface area contributed by atoms with E-state index < -0.39 is 11.7 Å². The molecule has 0 heterocycles. The minimum absolute atomic E-state index is 0.136. The molecule has 2 rings (SSSR count). The Morgan fingerprint density at radius 2 is 1.52 bits per heavy atom. The number of amides is 1. The van der Waals surface area contributed by atoms with Crippen molar-refractivity contribution in [1.29, 1.82) is 0 Å². The van der Waals surface area contributed by atoms with Crippen molar-refractivity contribution >= 4 is 5.91 Å². The van der Waals surface area contributed by atoms with Crippen LogP contribution < -0.4 is 5.32 Å². The summed E-state index contributed by atoms with van der Waals surface area (Å²) in [6.45, 7) is 0.349. The smallest absolute Gasteiger partial charge is 0.416 e. The summed E-state index contributed by atoms with van der Waals surface area (Å²) >= 11 is 0. The summed E-state index contributed by atoms with van der Waals surface area (Å²) in [6, 6.07) is 11.2. The molecule has 6 heteroatoms. The predicted molar refractivity (Wildman–Crippen MR) is 80.0 cm³/mol. The number of halogens is 3. The van der Waals surface area contributed by atoms with Gasteiger partial charge >= 0.3 is 6.18 Å². The molecule has 0 bridgehead atoms. The third kappa shape index (κ3) is 5.32. The molecule has 3 nitrogen and oxygen atoms in total. The van der Waals surface area contributed by atoms with Crippen LogP contribution in [0.25, 0.3) is 0 Å². The van der Waals surface area contributed by atoms with Crippen molar-refractivity contribution in [3.8, 4) is 5.75 Å². The molecule has 2 N–H and O–H groups in total. The first-order valence-electron chi connectivity index (χ1n) is 7.05. The SMILES string of the molecule is O=C(Cc1ccc(O)cc1)NCCc1ccc(C(F)(F)F)cc1. The van der Waals surface area contributed by atoms with Crippen molar-refractivity contribution in [3.63, 3.8) is 0 Å². The number of phenolic OH excluding ortho intramolecular Hbond substituents is 1. The van der Waals surface area contributed by atoms with Crippen LogP contribution in [0.15, 0.2) is 48.5 Å². The lowest BCUT2D eigenvalue weighted by Gasteiger charge is -2.08. The van der Waals surface area contributed by atoms with Gasteiger partial charge in [-0.15, -0.1) is 0 Å². The summed E-state index contributed by atoms with van der Waals surface area (Å²) in [5, 5.41) is 11.9. The maximum absolute atomic E-state index is 12.4. The number of carbonyl (C=O) groups is 1. The van der Waals surface area contributed by atoms with Crippen molar-refractivity contribution in [2.24, 2.45) is 0 Å². The molecule has 0 fully saturated rings. The number of phenols is 1. The first-order chi connectivity index (χ1) is 10.8. The van der Waals surface area contributed by atoms with Gasteiger partial charge in [0, 0.05) is 6.54 Å². The average molecular weight is 323 g/mol. The zero-order chi connectivity index (χ0) is 16.9. The number of alkyl halides is 3. The van der Waals surface area contributed by atoms with Crippen molar-refractivity contribution in [2.75, 3.05) is 6.54 Å². The molecule has 122 valence electrons. The normalized spacial score (nSPS) is 11.3. The van der Waals surface area contributed by atoms with Gasteiger partial charge in [0.2, 0.25) is 5.91 Å². The van der Waals surface area contributed by atoms with Crippen LogP contribution >= 0.6 is 0 Å². The van der Waals surface area contributed by atoms with Gasteiger partial charge in [0.1, 0.15) is 5.75 Å². The van der Waals surface area contributed by atoms with Crippen LogP contribution in [0, 0.1) is 0 Å². The maximum atomic E-state index is 12.4. The Kier molecular flexibility index (Phi) is 5.26. The molecule has 0 aliphatic heterocycles. The topological polar surface area (TPSA) is 49.3 Å². The zero-order valence-electron chi connectivity index (χ0n) is 12.2. The highest BCUT2D eigenvalue weighted by Gasteiger charge is 2.29. The molecule has 0 aromatic heterocycles. The van der Waals surface area contributed by atoms with E-state index >= 15 is 0 Å². The molecule has 0 radical (unpaired) electrons. The standard InChI is InChI=1S/C17H16F3NO2/c18-17(19,20)14-5-1-12(2-6-14)9-10-21-16(23)11-13-3-7-15(22)8-4-13/h1-8,22H,9-11H2,(H,21,23). The molecule has 1 amide bonds. The van der Waals surface area contributed by atoms with Crippen molar-refractivity contribution in [1.82, 2.24) is 5.32 Å². The number of benzene rings is 2. The highest BCUT2D eigenvalue weighted by Crippen LogP contribution is 2.29. The summed E-state index contributed by atoms with van der Waals surface area (Å²) in [4.78, 5) is 11.8. The van der Waals surface area contributed by atoms with E-state index in [2.05, 4.69) is 5.32 Å². The van der Waals surface area contributed by atoms with Crippen molar-refractivity contribution in [3.05, 3.63) is 65.2 Å². The molecule has 23 heavy (non-hydrogen) atoms. The van der Waals surface area contributed by atoms with Gasteiger partial charge in [0.05, 0.1) is 12.0 Å². The van der Waals surface area contributed by atoms with Gasteiger partial charge in [0.25, 0.3) is 0 Å². The Labute approximate surface area is 131 Å². The van der Waals surface area contributed by atoms with E-state index in [4.69, 9.17) is 5.11 Å². The number of rotatable bonds is 5. The van der Waals surface area contributed by atoms with Gasteiger partial charge in [-0.05, 0) is 41.8 Å². The Morgan fingerprint density at radius 3 is 2.09 bits per heavy atom. The van der Waals surface area contributed by atoms with Crippen LogP contribution in [0.5, 0.6) is 5.75 Å². The quantitative estimate of drug-likeness (QED) is 0.887. The molecule has 0 saturated heterocycles. The summed E-state index contributed by atoms with van der Waals surface area (Å²) in [5.41, 5.74) is 0.815. The van der Waals surface area contributed by atoms with Crippen LogP contribution in [0.1, 0.15) is 16.7 Å². The summed E-state index contributed by atoms with van der Waals surface area (Å²) in [6.07, 6.45) is -3.69. The van der Waals surface area contributed by atoms with E-state index in [1.165, 1.54) is 24.3 Å². The van der Waals surface area contributed by atoms with E-state index in [9.17, 15) is 18.0 Å². The molecular formula is C17H16F3NO2. The molecule has 2 aromatic carbocycles. The van der Waals surface area contributed by atoms with E-state index in [0.717, 1.165) is 23.3 Å². The van der Waals surface area contributed by atoms with E-state index in [0.29, 0.717) is 13.0 Å². The number of nitrogens with one attached hydrogen (secondary N) is 1. The number of carbonyl (C=O) groups excluding carboxylic acids is 1. The van der Waals surface area contributed by atoms with Gasteiger partial charge in [-0.2, -0.15) is 13.2 Å². The average Bonchev–Trinajstić information content (AvgIpc) is 2.49. The van der Waals surface area contributed by atoms with Gasteiger partial charge in [-0.1, -0.05) is 24.3 Å². The second-order valence-corrected chi connectivity index (χ2v) is 5.14. The Morgan fingerprint density at radius 1 is 0.957 bits per heavy atom. The predicted octanol–water partition coefficient (Wildman–Crippen LogP) is 3.31. The molecule has 0 aliphatic carbocycles. The fourth-order valence-corrected chi connectivity index (χ4v) is 2.07. The fraction of sp³-hybridized carbons (Fsp3) is 0.235. The lowest BCUT2D eigenvalue weighted by Crippen LogP contribution is -2.27. The second-order valence-electron chi connectivity index (χ2n) is 5.14. The van der Waals surface area contributed by atoms with Gasteiger partial charge < -0.3 is 10.4 Å². The monoisotopic (exact) mass is 323 g/mol. The van der Waals surface area contributed by atoms with Crippen molar-refractivity contribution in [2.45, 2.75) is 19.0 Å². The lowest BCUT2D eigenvalue weighted by atomic mass is 10.1. The Hall–Kier alpha value is -2.50. The number of aromatic hydroxyl groups is 1. The van der Waals surface area contributed by atoms with E-state index in [1.807, 2.05) is 0 Å². The van der Waals surface area contributed by atoms with Crippen LogP contribution in [-0.4, -0.2) is 17.6 Å². The fourth-order valence-electron chi connectivity index (χ4n) is 2.07. The van der Waals surface area contributed by atoms with Crippen LogP contribution in [0.2, 0.25) is 0 Å². The third-order valence-corrected chi connectivity index (χ3v) is 3.32. The van der Waals surface area contributed by atoms with Gasteiger partial charge in [-0.3, -0.25) is 4.79 Å². The maximum Gasteiger partial charge on any atom is 0.416 e. The van der Waals surface area contributed by atoms with E-state index in [-0.39, 0.29) is 18.1 Å². The van der Waals surface area contributed by atoms with Crippen LogP contribution in [0.3, 0.4) is 0 Å². The first-order valence-corrected chi connectivity index (χ1v) is 7.05. The van der Waals surface area contributed by atoms with Crippen LogP contribution in [-0.2, 0) is 23.8 Å². The third-order valence-electron chi connectivity index (χ3n) is 3.32. The number of hydrogen-bond acceptors (Lipinski definition) is 2. The van der Waals surface area contributed by atoms with Gasteiger partial charge in [-0.25, -0.2) is 0 Å². The highest BCUT2D eigenvalue weighted by molar-refractivity contribution is 5.78. The largest absolute Gasteiger partial charge is 0.508 e. The first kappa shape index (κ1) is 16.9. The zero-order valence-corrected chi connectivity index (χ0v) is 12.2. The minimum atomic E-state index is -4.34. The van der Waals surface area contributed by atoms with Crippen LogP contribution in [0.4, 0.5) is 13.2 Å². The van der Waals surface area contributed by atoms with Gasteiger partial charge in [0.15, 0.2) is 0 Å². The molecule has 0 spiro atoms.